The summed E-state index contributed by atoms with van der Waals surface area (Å²) < 4.78 is 10.7. The van der Waals surface area contributed by atoms with Crippen LogP contribution >= 0.6 is 0 Å². The van der Waals surface area contributed by atoms with Crippen molar-refractivity contribution in [1.29, 1.82) is 0 Å². The van der Waals surface area contributed by atoms with Crippen molar-refractivity contribution in [2.75, 3.05) is 12.3 Å². The van der Waals surface area contributed by atoms with Gasteiger partial charge in [0.05, 0.1) is 12.3 Å². The van der Waals surface area contributed by atoms with Crippen molar-refractivity contribution >= 4 is 23.3 Å². The third-order valence-corrected chi connectivity index (χ3v) is 4.52. The molecule has 6 atom stereocenters. The van der Waals surface area contributed by atoms with E-state index in [0.717, 1.165) is 6.92 Å². The van der Waals surface area contributed by atoms with Gasteiger partial charge in [0.15, 0.2) is 5.78 Å². The molecule has 1 amide bonds. The highest BCUT2D eigenvalue weighted by atomic mass is 16.7. The summed E-state index contributed by atoms with van der Waals surface area (Å²) >= 11 is 0. The van der Waals surface area contributed by atoms with Crippen LogP contribution in [0, 0.1) is 0 Å². The Labute approximate surface area is 170 Å². The lowest BCUT2D eigenvalue weighted by Gasteiger charge is -2.39. The summed E-state index contributed by atoms with van der Waals surface area (Å²) in [5.74, 6) is -2.82. The molecule has 1 aliphatic rings. The van der Waals surface area contributed by atoms with Crippen molar-refractivity contribution in [3.05, 3.63) is 23.8 Å². The normalized spacial score (nSPS) is 27.2. The number of aliphatic carboxylic acids is 1. The van der Waals surface area contributed by atoms with Crippen molar-refractivity contribution in [2.45, 2.75) is 50.1 Å². The predicted molar refractivity (Wildman–Crippen MR) is 99.4 cm³/mol. The van der Waals surface area contributed by atoms with Crippen LogP contribution in [0.5, 0.6) is 5.75 Å². The number of aliphatic hydroxyl groups is 4. The van der Waals surface area contributed by atoms with E-state index < -0.39 is 67.4 Å². The van der Waals surface area contributed by atoms with Gasteiger partial charge in [-0.3, -0.25) is 9.59 Å². The molecule has 1 aromatic rings. The lowest BCUT2D eigenvalue weighted by molar-refractivity contribution is -0.277. The van der Waals surface area contributed by atoms with Crippen molar-refractivity contribution in [3.63, 3.8) is 0 Å². The Morgan fingerprint density at radius 3 is 2.43 bits per heavy atom. The number of rotatable bonds is 8. The number of carbonyl (C=O) groups excluding carboxylic acids is 2. The van der Waals surface area contributed by atoms with E-state index in [1.54, 1.807) is 0 Å². The average Bonchev–Trinajstić information content (AvgIpc) is 2.68. The molecule has 0 saturated carbocycles. The van der Waals surface area contributed by atoms with E-state index in [4.69, 9.17) is 20.3 Å². The van der Waals surface area contributed by atoms with Gasteiger partial charge in [0, 0.05) is 18.9 Å². The number of ketones is 1. The van der Waals surface area contributed by atoms with E-state index in [-0.39, 0.29) is 17.0 Å². The van der Waals surface area contributed by atoms with Crippen molar-refractivity contribution in [1.82, 2.24) is 5.32 Å². The number of hydrogen-bond acceptors (Lipinski definition) is 10. The summed E-state index contributed by atoms with van der Waals surface area (Å²) in [4.78, 5) is 34.9. The molecule has 8 N–H and O–H groups in total. The maximum Gasteiger partial charge on any atom is 0.326 e. The molecule has 2 rings (SSSR count). The fourth-order valence-corrected chi connectivity index (χ4v) is 2.92. The smallest absolute Gasteiger partial charge is 0.326 e. The van der Waals surface area contributed by atoms with E-state index in [9.17, 15) is 34.8 Å². The lowest BCUT2D eigenvalue weighted by atomic mass is 9.99. The van der Waals surface area contributed by atoms with E-state index >= 15 is 0 Å². The topological polar surface area (TPSA) is 209 Å². The second-order valence-electron chi connectivity index (χ2n) is 6.75. The fourth-order valence-electron chi connectivity index (χ4n) is 2.92. The highest BCUT2D eigenvalue weighted by Crippen LogP contribution is 2.30. The summed E-state index contributed by atoms with van der Waals surface area (Å²) in [6, 6.07) is 2.60. The molecular weight excluding hydrogens is 404 g/mol. The molecule has 0 aromatic heterocycles. The van der Waals surface area contributed by atoms with Crippen LogP contribution in [0.2, 0.25) is 0 Å². The minimum Gasteiger partial charge on any atom is -0.480 e. The third-order valence-electron chi connectivity index (χ3n) is 4.52. The summed E-state index contributed by atoms with van der Waals surface area (Å²) in [5.41, 5.74) is 5.67. The van der Waals surface area contributed by atoms with Crippen molar-refractivity contribution in [3.8, 4) is 5.75 Å². The van der Waals surface area contributed by atoms with Gasteiger partial charge in [-0.1, -0.05) is 6.07 Å². The van der Waals surface area contributed by atoms with E-state index in [1.807, 2.05) is 0 Å². The Hall–Kier alpha value is -2.77. The van der Waals surface area contributed by atoms with Crippen molar-refractivity contribution in [2.24, 2.45) is 0 Å². The first-order valence-corrected chi connectivity index (χ1v) is 8.95. The molecule has 166 valence electrons. The molecule has 30 heavy (non-hydrogen) atoms. The first-order chi connectivity index (χ1) is 14.1. The molecule has 1 heterocycles. The maximum absolute atomic E-state index is 12.5. The first-order valence-electron chi connectivity index (χ1n) is 8.95. The number of nitrogen functional groups attached to an aromatic ring is 1. The summed E-state index contributed by atoms with van der Waals surface area (Å²) in [6.07, 6.45) is -8.20. The fraction of sp³-hybridized carbons (Fsp3) is 0.500. The maximum atomic E-state index is 12.5. The second-order valence-corrected chi connectivity index (χ2v) is 6.75. The van der Waals surface area contributed by atoms with E-state index in [2.05, 4.69) is 5.32 Å². The number of nitrogens with two attached hydrogens (primary N) is 1. The van der Waals surface area contributed by atoms with Crippen molar-refractivity contribution < 1.29 is 49.4 Å². The van der Waals surface area contributed by atoms with Gasteiger partial charge in [-0.25, -0.2) is 4.79 Å². The van der Waals surface area contributed by atoms with Gasteiger partial charge in [0.1, 0.15) is 36.2 Å². The standard InChI is InChI=1S/C18H24N2O10/c1-7(22)20-9(17(27)28)5-10(23)8-3-2-4-11(13(8)19)29-18-16(26)15(25)14(24)12(6-21)30-18/h2-4,9,12,14-16,18,21,24-26H,5-6,19H2,1H3,(H,20,22)(H,27,28)/t9-,12+,14+,15-,16+,18+/m0/s1. The molecule has 1 aromatic carbocycles. The summed E-state index contributed by atoms with van der Waals surface area (Å²) in [5, 5.41) is 50.2. The van der Waals surface area contributed by atoms with Gasteiger partial charge >= 0.3 is 5.97 Å². The zero-order valence-corrected chi connectivity index (χ0v) is 16.0. The molecule has 0 aliphatic carbocycles. The number of Topliss-reactive ketones (excluding diaryl/α,β-unsaturated/α-hetero) is 1. The average molecular weight is 428 g/mol. The number of nitrogens with one attached hydrogen (secondary N) is 1. The van der Waals surface area contributed by atoms with E-state index in [1.165, 1.54) is 18.2 Å². The Balaban J connectivity index is 2.21. The number of carbonyl (C=O) groups is 3. The van der Waals surface area contributed by atoms with Gasteiger partial charge in [0.25, 0.3) is 0 Å². The SMILES string of the molecule is CC(=O)N[C@@H](CC(=O)c1cccc(O[C@@H]2O[C@H](CO)[C@@H](O)[C@H](O)[C@H]2O)c1N)C(=O)O. The number of ether oxygens (including phenoxy) is 2. The third kappa shape index (κ3) is 5.23. The molecule has 0 spiro atoms. The van der Waals surface area contributed by atoms with Gasteiger partial charge in [0.2, 0.25) is 12.2 Å². The Morgan fingerprint density at radius 1 is 1.20 bits per heavy atom. The molecule has 1 fully saturated rings. The first kappa shape index (κ1) is 23.5. The van der Waals surface area contributed by atoms with Crippen LogP contribution in [-0.2, 0) is 14.3 Å². The number of anilines is 1. The lowest BCUT2D eigenvalue weighted by Crippen LogP contribution is -2.60. The number of para-hydroxylation sites is 1. The summed E-state index contributed by atoms with van der Waals surface area (Å²) in [7, 11) is 0. The minimum absolute atomic E-state index is 0.0892. The molecule has 0 radical (unpaired) electrons. The Kier molecular flexibility index (Phi) is 7.70. The molecule has 12 heteroatoms. The highest BCUT2D eigenvalue weighted by Gasteiger charge is 2.45. The molecule has 0 unspecified atom stereocenters. The van der Waals surface area contributed by atoms with Crippen LogP contribution in [0.25, 0.3) is 0 Å². The van der Waals surface area contributed by atoms with Crippen LogP contribution in [0.15, 0.2) is 18.2 Å². The van der Waals surface area contributed by atoms with Crippen LogP contribution in [0.1, 0.15) is 23.7 Å². The largest absolute Gasteiger partial charge is 0.480 e. The molecular formula is C18H24N2O10. The van der Waals surface area contributed by atoms with Gasteiger partial charge < -0.3 is 46.1 Å². The summed E-state index contributed by atoms with van der Waals surface area (Å²) in [6.45, 7) is 0.461. The van der Waals surface area contributed by atoms with Crippen LogP contribution in [-0.4, -0.2) is 86.5 Å². The van der Waals surface area contributed by atoms with Crippen LogP contribution in [0.4, 0.5) is 5.69 Å². The van der Waals surface area contributed by atoms with Crippen LogP contribution < -0.4 is 15.8 Å². The molecule has 1 aliphatic heterocycles. The van der Waals surface area contributed by atoms with Crippen LogP contribution in [0.3, 0.4) is 0 Å². The van der Waals surface area contributed by atoms with Gasteiger partial charge in [-0.2, -0.15) is 0 Å². The minimum atomic E-state index is -1.68. The van der Waals surface area contributed by atoms with Gasteiger partial charge in [-0.15, -0.1) is 0 Å². The predicted octanol–water partition coefficient (Wildman–Crippen LogP) is -2.39. The van der Waals surface area contributed by atoms with E-state index in [0.29, 0.717) is 0 Å². The molecule has 1 saturated heterocycles. The highest BCUT2D eigenvalue weighted by molar-refractivity contribution is 6.04. The number of amides is 1. The molecule has 0 bridgehead atoms. The quantitative estimate of drug-likeness (QED) is 0.171. The zero-order chi connectivity index (χ0) is 22.6. The number of benzene rings is 1. The number of carboxylic acid groups (broad SMARTS) is 1. The number of carboxylic acids is 1. The zero-order valence-electron chi connectivity index (χ0n) is 16.0. The Bertz CT molecular complexity index is 799. The molecule has 12 nitrogen and oxygen atoms in total. The Morgan fingerprint density at radius 2 is 1.87 bits per heavy atom. The monoisotopic (exact) mass is 428 g/mol. The second kappa shape index (κ2) is 9.82. The number of hydrogen-bond donors (Lipinski definition) is 7. The van der Waals surface area contributed by atoms with Gasteiger partial charge in [-0.05, 0) is 12.1 Å². The number of aliphatic hydroxyl groups excluding tert-OH is 4.